The fraction of sp³-hybridized carbons (Fsp3) is 0.750. The molecule has 0 aliphatic rings. The van der Waals surface area contributed by atoms with Gasteiger partial charge in [-0.05, 0) is 34.4 Å². The van der Waals surface area contributed by atoms with Crippen LogP contribution < -0.4 is 0 Å². The Kier molecular flexibility index (Phi) is 4.10. The molecule has 1 aromatic heterocycles. The maximum absolute atomic E-state index is 10.4. The van der Waals surface area contributed by atoms with Gasteiger partial charge in [-0.25, -0.2) is 4.98 Å². The number of likely N-dealkylation sites (N-methyl/N-ethyl adjacent to an activating group) is 1. The highest BCUT2D eigenvalue weighted by Gasteiger charge is 2.33. The minimum atomic E-state index is -0.580. The van der Waals surface area contributed by atoms with Gasteiger partial charge in [-0.3, -0.25) is 0 Å². The van der Waals surface area contributed by atoms with Crippen molar-refractivity contribution >= 4 is 0 Å². The summed E-state index contributed by atoms with van der Waals surface area (Å²) >= 11 is 0. The number of aryl methyl sites for hydroxylation is 1. The number of nitrogens with zero attached hydrogens (tertiary/aromatic N) is 3. The van der Waals surface area contributed by atoms with Crippen molar-refractivity contribution in [1.82, 2.24) is 14.5 Å². The summed E-state index contributed by atoms with van der Waals surface area (Å²) < 4.78 is 2.02. The fourth-order valence-electron chi connectivity index (χ4n) is 1.56. The molecule has 1 aromatic rings. The minimum absolute atomic E-state index is 0.323. The molecule has 1 atom stereocenters. The molecule has 0 saturated carbocycles. The Hall–Kier alpha value is -0.870. The topological polar surface area (TPSA) is 41.3 Å². The van der Waals surface area contributed by atoms with Crippen LogP contribution in [0.4, 0.5) is 0 Å². The lowest BCUT2D eigenvalue weighted by molar-refractivity contribution is 0.00842. The first-order chi connectivity index (χ1) is 7.41. The highest BCUT2D eigenvalue weighted by atomic mass is 16.3. The van der Waals surface area contributed by atoms with Crippen LogP contribution in [0, 0.1) is 0 Å². The predicted octanol–water partition coefficient (Wildman–Crippen LogP) is 1.67. The Balaban J connectivity index is 2.95. The van der Waals surface area contributed by atoms with Crippen molar-refractivity contribution in [3.8, 4) is 0 Å². The largest absolute Gasteiger partial charge is 0.383 e. The van der Waals surface area contributed by atoms with E-state index in [2.05, 4.69) is 11.9 Å². The van der Waals surface area contributed by atoms with Crippen LogP contribution in [0.5, 0.6) is 0 Å². The summed E-state index contributed by atoms with van der Waals surface area (Å²) in [5.74, 6) is 0.751. The van der Waals surface area contributed by atoms with E-state index in [0.717, 1.165) is 18.8 Å². The van der Waals surface area contributed by atoms with Gasteiger partial charge in [-0.2, -0.15) is 0 Å². The maximum Gasteiger partial charge on any atom is 0.139 e. The van der Waals surface area contributed by atoms with Gasteiger partial charge in [-0.1, -0.05) is 6.92 Å². The Morgan fingerprint density at radius 2 is 2.12 bits per heavy atom. The fourth-order valence-corrected chi connectivity index (χ4v) is 1.56. The second-order valence-corrected chi connectivity index (χ2v) is 4.93. The summed E-state index contributed by atoms with van der Waals surface area (Å²) in [5, 5.41) is 10.4. The van der Waals surface area contributed by atoms with E-state index < -0.39 is 6.10 Å². The number of rotatable bonds is 5. The van der Waals surface area contributed by atoms with Crippen molar-refractivity contribution in [2.24, 2.45) is 0 Å². The molecular formula is C12H23N3O. The zero-order chi connectivity index (χ0) is 12.3. The summed E-state index contributed by atoms with van der Waals surface area (Å²) in [6.07, 6.45) is 4.13. The molecule has 1 N–H and O–H groups in total. The van der Waals surface area contributed by atoms with E-state index in [-0.39, 0.29) is 5.54 Å². The lowest BCUT2D eigenvalue weighted by Gasteiger charge is -2.36. The molecule has 0 spiro atoms. The van der Waals surface area contributed by atoms with Crippen LogP contribution >= 0.6 is 0 Å². The van der Waals surface area contributed by atoms with Crippen LogP contribution in [0.25, 0.3) is 0 Å². The van der Waals surface area contributed by atoms with E-state index in [9.17, 15) is 5.11 Å². The van der Waals surface area contributed by atoms with E-state index in [0.29, 0.717) is 0 Å². The third-order valence-electron chi connectivity index (χ3n) is 3.28. The first kappa shape index (κ1) is 13.2. The maximum atomic E-state index is 10.4. The first-order valence-electron chi connectivity index (χ1n) is 5.77. The Labute approximate surface area is 97.9 Å². The standard InChI is InChI=1S/C12H23N3O/c1-6-8-15-9-7-13-11(15)10(16)12(2,3)14(4)5/h7,9-10,16H,6,8H2,1-5H3. The molecule has 4 heteroatoms. The van der Waals surface area contributed by atoms with Crippen molar-refractivity contribution in [2.75, 3.05) is 14.1 Å². The SMILES string of the molecule is CCCn1ccnc1C(O)C(C)(C)N(C)C. The summed E-state index contributed by atoms with van der Waals surface area (Å²) in [5.41, 5.74) is -0.323. The lowest BCUT2D eigenvalue weighted by atomic mass is 9.95. The third-order valence-corrected chi connectivity index (χ3v) is 3.28. The van der Waals surface area contributed by atoms with Gasteiger partial charge in [0.1, 0.15) is 11.9 Å². The molecule has 0 radical (unpaired) electrons. The lowest BCUT2D eigenvalue weighted by Crippen LogP contribution is -2.44. The van der Waals surface area contributed by atoms with Crippen LogP contribution in [0.1, 0.15) is 39.1 Å². The quantitative estimate of drug-likeness (QED) is 0.828. The van der Waals surface area contributed by atoms with Gasteiger partial charge in [0.25, 0.3) is 0 Å². The van der Waals surface area contributed by atoms with Crippen LogP contribution in [0.3, 0.4) is 0 Å². The summed E-state index contributed by atoms with van der Waals surface area (Å²) in [4.78, 5) is 6.29. The normalized spacial score (nSPS) is 14.4. The molecule has 0 amide bonds. The van der Waals surface area contributed by atoms with Crippen LogP contribution in [0.15, 0.2) is 12.4 Å². The monoisotopic (exact) mass is 225 g/mol. The molecule has 0 saturated heterocycles. The molecule has 0 bridgehead atoms. The molecule has 92 valence electrons. The smallest absolute Gasteiger partial charge is 0.139 e. The Bertz CT molecular complexity index is 331. The van der Waals surface area contributed by atoms with Gasteiger partial charge < -0.3 is 14.6 Å². The van der Waals surface area contributed by atoms with Crippen molar-refractivity contribution in [2.45, 2.75) is 45.4 Å². The molecule has 4 nitrogen and oxygen atoms in total. The second kappa shape index (κ2) is 4.97. The van der Waals surface area contributed by atoms with Gasteiger partial charge >= 0.3 is 0 Å². The number of aliphatic hydroxyl groups excluding tert-OH is 1. The van der Waals surface area contributed by atoms with Crippen LogP contribution in [-0.2, 0) is 6.54 Å². The molecule has 0 aliphatic heterocycles. The van der Waals surface area contributed by atoms with E-state index in [1.54, 1.807) is 6.20 Å². The highest BCUT2D eigenvalue weighted by molar-refractivity contribution is 5.04. The predicted molar refractivity (Wildman–Crippen MR) is 65.2 cm³/mol. The number of aliphatic hydroxyl groups is 1. The summed E-state index contributed by atoms with van der Waals surface area (Å²) in [7, 11) is 3.94. The molecule has 16 heavy (non-hydrogen) atoms. The Morgan fingerprint density at radius 3 is 2.62 bits per heavy atom. The van der Waals surface area contributed by atoms with Crippen molar-refractivity contribution in [3.63, 3.8) is 0 Å². The highest BCUT2D eigenvalue weighted by Crippen LogP contribution is 2.28. The summed E-state index contributed by atoms with van der Waals surface area (Å²) in [6, 6.07) is 0. The molecule has 0 fully saturated rings. The Morgan fingerprint density at radius 1 is 1.50 bits per heavy atom. The average Bonchev–Trinajstić information content (AvgIpc) is 2.65. The van der Waals surface area contributed by atoms with Gasteiger partial charge in [0.15, 0.2) is 0 Å². The molecular weight excluding hydrogens is 202 g/mol. The van der Waals surface area contributed by atoms with Crippen LogP contribution in [-0.4, -0.2) is 39.2 Å². The zero-order valence-electron chi connectivity index (χ0n) is 10.9. The average molecular weight is 225 g/mol. The number of aromatic nitrogens is 2. The molecule has 0 aliphatic carbocycles. The van der Waals surface area contributed by atoms with Crippen LogP contribution in [0.2, 0.25) is 0 Å². The molecule has 1 unspecified atom stereocenters. The van der Waals surface area contributed by atoms with Gasteiger partial charge in [-0.15, -0.1) is 0 Å². The first-order valence-corrected chi connectivity index (χ1v) is 5.77. The summed E-state index contributed by atoms with van der Waals surface area (Å²) in [6.45, 7) is 7.05. The third kappa shape index (κ3) is 2.44. The number of imidazole rings is 1. The van der Waals surface area contributed by atoms with Gasteiger partial charge in [0.2, 0.25) is 0 Å². The minimum Gasteiger partial charge on any atom is -0.383 e. The molecule has 1 heterocycles. The molecule has 0 aromatic carbocycles. The van der Waals surface area contributed by atoms with Crippen molar-refractivity contribution in [3.05, 3.63) is 18.2 Å². The van der Waals surface area contributed by atoms with E-state index >= 15 is 0 Å². The van der Waals surface area contributed by atoms with E-state index in [1.807, 2.05) is 43.6 Å². The number of hydrogen-bond donors (Lipinski definition) is 1. The second-order valence-electron chi connectivity index (χ2n) is 4.93. The van der Waals surface area contributed by atoms with Crippen molar-refractivity contribution < 1.29 is 5.11 Å². The van der Waals surface area contributed by atoms with Gasteiger partial charge in [0, 0.05) is 24.5 Å². The van der Waals surface area contributed by atoms with Crippen molar-refractivity contribution in [1.29, 1.82) is 0 Å². The van der Waals surface area contributed by atoms with E-state index in [1.165, 1.54) is 0 Å². The van der Waals surface area contributed by atoms with Gasteiger partial charge in [0.05, 0.1) is 0 Å². The number of hydrogen-bond acceptors (Lipinski definition) is 3. The molecule has 1 rings (SSSR count). The van der Waals surface area contributed by atoms with E-state index in [4.69, 9.17) is 0 Å². The zero-order valence-corrected chi connectivity index (χ0v) is 10.9.